The van der Waals surface area contributed by atoms with E-state index >= 15 is 0 Å². The second-order valence-electron chi connectivity index (χ2n) is 5.42. The maximum atomic E-state index is 5.60. The molecule has 7 heteroatoms. The van der Waals surface area contributed by atoms with Crippen LogP contribution in [-0.4, -0.2) is 46.0 Å². The second-order valence-corrected chi connectivity index (χ2v) is 5.42. The minimum absolute atomic E-state index is 0. The summed E-state index contributed by atoms with van der Waals surface area (Å²) in [5.41, 5.74) is 1.04. The van der Waals surface area contributed by atoms with E-state index in [0.29, 0.717) is 18.0 Å². The fourth-order valence-electron chi connectivity index (χ4n) is 2.49. The number of guanidine groups is 1. The summed E-state index contributed by atoms with van der Waals surface area (Å²) >= 11 is 0. The summed E-state index contributed by atoms with van der Waals surface area (Å²) in [6, 6.07) is 5.75. The Balaban J connectivity index is 0.00000312. The number of rotatable bonds is 7. The van der Waals surface area contributed by atoms with Crippen LogP contribution in [0.25, 0.3) is 0 Å². The molecule has 1 aromatic rings. The number of nitrogens with zero attached hydrogens (tertiary/aromatic N) is 1. The Hall–Kier alpha value is -1.66. The maximum Gasteiger partial charge on any atom is 0.191 e. The molecule has 0 saturated carbocycles. The van der Waals surface area contributed by atoms with Gasteiger partial charge in [0, 0.05) is 26.7 Å². The molecule has 6 nitrogen and oxygen atoms in total. The maximum absolute atomic E-state index is 5.60. The average molecular weight is 459 g/mol. The Labute approximate surface area is 166 Å². The normalized spacial score (nSPS) is 16.5. The summed E-state index contributed by atoms with van der Waals surface area (Å²) in [5.74, 6) is 4.50. The fourth-order valence-corrected chi connectivity index (χ4v) is 2.49. The molecule has 1 fully saturated rings. The van der Waals surface area contributed by atoms with Crippen molar-refractivity contribution in [3.8, 4) is 23.8 Å². The molecule has 0 bridgehead atoms. The van der Waals surface area contributed by atoms with Crippen LogP contribution in [0.15, 0.2) is 23.2 Å². The fraction of sp³-hybridized carbons (Fsp3) is 0.500. The lowest BCUT2D eigenvalue weighted by atomic mass is 10.2. The minimum Gasteiger partial charge on any atom is -0.493 e. The molecular formula is C18H26IN3O3. The number of aliphatic imine (C=N–C) groups is 1. The van der Waals surface area contributed by atoms with Gasteiger partial charge in [-0.2, -0.15) is 0 Å². The van der Waals surface area contributed by atoms with Crippen molar-refractivity contribution in [3.05, 3.63) is 23.8 Å². The van der Waals surface area contributed by atoms with Gasteiger partial charge in [-0.1, -0.05) is 12.0 Å². The first-order valence-corrected chi connectivity index (χ1v) is 8.06. The zero-order chi connectivity index (χ0) is 17.2. The SMILES string of the molecule is C#CCOc1cc(CNC(=NC)NCC2CCCO2)ccc1OC.I. The van der Waals surface area contributed by atoms with Crippen molar-refractivity contribution in [3.63, 3.8) is 0 Å². The first-order chi connectivity index (χ1) is 11.8. The number of ether oxygens (including phenoxy) is 3. The van der Waals surface area contributed by atoms with Crippen molar-refractivity contribution < 1.29 is 14.2 Å². The molecule has 1 saturated heterocycles. The van der Waals surface area contributed by atoms with Crippen molar-refractivity contribution in [2.75, 3.05) is 33.9 Å². The summed E-state index contributed by atoms with van der Waals surface area (Å²) in [6.07, 6.45) is 7.74. The molecule has 0 amide bonds. The van der Waals surface area contributed by atoms with Gasteiger partial charge in [-0.25, -0.2) is 0 Å². The molecule has 0 radical (unpaired) electrons. The molecule has 25 heavy (non-hydrogen) atoms. The third kappa shape index (κ3) is 7.00. The third-order valence-corrected chi connectivity index (χ3v) is 3.74. The van der Waals surface area contributed by atoms with Crippen LogP contribution in [0.3, 0.4) is 0 Å². The van der Waals surface area contributed by atoms with E-state index in [2.05, 4.69) is 21.5 Å². The quantitative estimate of drug-likeness (QED) is 0.283. The Morgan fingerprint density at radius 1 is 1.40 bits per heavy atom. The van der Waals surface area contributed by atoms with Gasteiger partial charge in [-0.05, 0) is 30.5 Å². The van der Waals surface area contributed by atoms with Crippen molar-refractivity contribution in [1.29, 1.82) is 0 Å². The van der Waals surface area contributed by atoms with Crippen LogP contribution >= 0.6 is 24.0 Å². The van der Waals surface area contributed by atoms with Gasteiger partial charge in [0.1, 0.15) is 6.61 Å². The predicted molar refractivity (Wildman–Crippen MR) is 110 cm³/mol. The summed E-state index contributed by atoms with van der Waals surface area (Å²) in [4.78, 5) is 4.23. The Kier molecular flexibility index (Phi) is 10.1. The molecule has 1 heterocycles. The first kappa shape index (κ1) is 21.4. The Morgan fingerprint density at radius 3 is 2.88 bits per heavy atom. The van der Waals surface area contributed by atoms with E-state index in [9.17, 15) is 0 Å². The lowest BCUT2D eigenvalue weighted by molar-refractivity contribution is 0.114. The number of benzene rings is 1. The molecule has 2 rings (SSSR count). The third-order valence-electron chi connectivity index (χ3n) is 3.74. The monoisotopic (exact) mass is 459 g/mol. The van der Waals surface area contributed by atoms with E-state index in [-0.39, 0.29) is 36.7 Å². The van der Waals surface area contributed by atoms with Gasteiger partial charge in [0.15, 0.2) is 17.5 Å². The largest absolute Gasteiger partial charge is 0.493 e. The van der Waals surface area contributed by atoms with Crippen molar-refractivity contribution in [2.45, 2.75) is 25.5 Å². The standard InChI is InChI=1S/C18H25N3O3.HI/c1-4-9-24-17-11-14(7-8-16(17)22-3)12-20-18(19-2)21-13-15-6-5-10-23-15;/h1,7-8,11,15H,5-6,9-10,12-13H2,2-3H3,(H2,19,20,21);1H. The zero-order valence-electron chi connectivity index (χ0n) is 14.7. The topological polar surface area (TPSA) is 64.1 Å². The van der Waals surface area contributed by atoms with Gasteiger partial charge in [0.25, 0.3) is 0 Å². The van der Waals surface area contributed by atoms with E-state index in [0.717, 1.165) is 37.5 Å². The lowest BCUT2D eigenvalue weighted by Gasteiger charge is -2.16. The number of methoxy groups -OCH3 is 1. The Morgan fingerprint density at radius 2 is 2.24 bits per heavy atom. The van der Waals surface area contributed by atoms with E-state index in [1.165, 1.54) is 0 Å². The summed E-state index contributed by atoms with van der Waals surface area (Å²) in [6.45, 7) is 2.43. The first-order valence-electron chi connectivity index (χ1n) is 8.06. The predicted octanol–water partition coefficient (Wildman–Crippen LogP) is 2.17. The highest BCUT2D eigenvalue weighted by Gasteiger charge is 2.15. The van der Waals surface area contributed by atoms with Crippen LogP contribution in [0.5, 0.6) is 11.5 Å². The van der Waals surface area contributed by atoms with Gasteiger partial charge in [-0.3, -0.25) is 4.99 Å². The molecule has 1 unspecified atom stereocenters. The summed E-state index contributed by atoms with van der Waals surface area (Å²) in [5, 5.41) is 6.56. The molecule has 1 atom stereocenters. The molecule has 0 spiro atoms. The Bertz CT molecular complexity index is 596. The highest BCUT2D eigenvalue weighted by atomic mass is 127. The van der Waals surface area contributed by atoms with E-state index < -0.39 is 0 Å². The molecule has 2 N–H and O–H groups in total. The van der Waals surface area contributed by atoms with Gasteiger partial charge >= 0.3 is 0 Å². The number of hydrogen-bond donors (Lipinski definition) is 2. The van der Waals surface area contributed by atoms with Gasteiger partial charge in [0.05, 0.1) is 13.2 Å². The van der Waals surface area contributed by atoms with Crippen LogP contribution in [0.4, 0.5) is 0 Å². The smallest absolute Gasteiger partial charge is 0.191 e. The van der Waals surface area contributed by atoms with Crippen LogP contribution in [0.2, 0.25) is 0 Å². The van der Waals surface area contributed by atoms with Crippen LogP contribution in [0, 0.1) is 12.3 Å². The number of hydrogen-bond acceptors (Lipinski definition) is 4. The van der Waals surface area contributed by atoms with Gasteiger partial charge < -0.3 is 24.8 Å². The molecule has 1 aliphatic rings. The van der Waals surface area contributed by atoms with E-state index in [1.54, 1.807) is 14.2 Å². The van der Waals surface area contributed by atoms with Crippen LogP contribution in [-0.2, 0) is 11.3 Å². The minimum atomic E-state index is 0. The highest BCUT2D eigenvalue weighted by molar-refractivity contribution is 14.0. The number of halogens is 1. The van der Waals surface area contributed by atoms with Crippen LogP contribution in [0.1, 0.15) is 18.4 Å². The molecule has 0 aromatic heterocycles. The van der Waals surface area contributed by atoms with Gasteiger partial charge in [-0.15, -0.1) is 30.4 Å². The van der Waals surface area contributed by atoms with Crippen molar-refractivity contribution >= 4 is 29.9 Å². The number of nitrogens with one attached hydrogen (secondary N) is 2. The molecule has 1 aromatic carbocycles. The second kappa shape index (κ2) is 11.8. The zero-order valence-corrected chi connectivity index (χ0v) is 17.0. The number of terminal acetylenes is 1. The average Bonchev–Trinajstić information content (AvgIpc) is 3.13. The van der Waals surface area contributed by atoms with E-state index in [4.69, 9.17) is 20.6 Å². The van der Waals surface area contributed by atoms with Crippen molar-refractivity contribution in [2.24, 2.45) is 4.99 Å². The van der Waals surface area contributed by atoms with E-state index in [1.807, 2.05) is 18.2 Å². The summed E-state index contributed by atoms with van der Waals surface area (Å²) < 4.78 is 16.4. The lowest BCUT2D eigenvalue weighted by Crippen LogP contribution is -2.40. The highest BCUT2D eigenvalue weighted by Crippen LogP contribution is 2.27. The van der Waals surface area contributed by atoms with Crippen LogP contribution < -0.4 is 20.1 Å². The molecule has 1 aliphatic heterocycles. The molecule has 138 valence electrons. The van der Waals surface area contributed by atoms with Gasteiger partial charge in [0.2, 0.25) is 0 Å². The molecular weight excluding hydrogens is 433 g/mol. The van der Waals surface area contributed by atoms with Crippen molar-refractivity contribution in [1.82, 2.24) is 10.6 Å². The summed E-state index contributed by atoms with van der Waals surface area (Å²) in [7, 11) is 3.35. The molecule has 0 aliphatic carbocycles.